The molecule has 13 nitrogen and oxygen atoms in total. The molecule has 0 unspecified atom stereocenters. The third kappa shape index (κ3) is 3.86. The van der Waals surface area contributed by atoms with Gasteiger partial charge in [-0.05, 0) is 0 Å². The van der Waals surface area contributed by atoms with Gasteiger partial charge in [-0.25, -0.2) is 4.79 Å². The van der Waals surface area contributed by atoms with Crippen molar-refractivity contribution in [3.63, 3.8) is 0 Å². The van der Waals surface area contributed by atoms with Crippen LogP contribution in [0.3, 0.4) is 0 Å². The van der Waals surface area contributed by atoms with E-state index in [1.165, 1.54) is 18.7 Å². The first-order valence-electron chi connectivity index (χ1n) is 7.90. The van der Waals surface area contributed by atoms with E-state index in [4.69, 9.17) is 15.7 Å². The smallest absolute Gasteiger partial charge is 0.352 e. The van der Waals surface area contributed by atoms with Gasteiger partial charge in [0.15, 0.2) is 5.13 Å². The number of carboxylic acid groups (broad SMARTS) is 1. The highest BCUT2D eigenvalue weighted by atomic mass is 32.2. The number of fused-ring (bicyclic) bond motifs is 1. The highest BCUT2D eigenvalue weighted by Crippen LogP contribution is 2.40. The summed E-state index contributed by atoms with van der Waals surface area (Å²) < 4.78 is 8.61. The van der Waals surface area contributed by atoms with Crippen molar-refractivity contribution >= 4 is 57.9 Å². The SMILES string of the molecule is CC(=O)OCC1=C(C(=O)O)N2C(=O)[C@@H](NC(=O)/C(=N\O)c3nsc(N)n3)[C@@H]2SC1. The number of oxime groups is 1. The van der Waals surface area contributed by atoms with E-state index in [9.17, 15) is 24.3 Å². The molecular weight excluding hydrogens is 428 g/mol. The molecule has 1 aromatic heterocycles. The summed E-state index contributed by atoms with van der Waals surface area (Å²) in [6, 6.07) is -1.05. The molecule has 1 aromatic rings. The lowest BCUT2D eigenvalue weighted by Crippen LogP contribution is -2.71. The maximum Gasteiger partial charge on any atom is 0.352 e. The number of esters is 1. The van der Waals surface area contributed by atoms with Gasteiger partial charge in [-0.15, -0.1) is 11.8 Å². The Hall–Kier alpha value is -3.20. The number of aliphatic carboxylic acids is 1. The predicted molar refractivity (Wildman–Crippen MR) is 99.0 cm³/mol. The summed E-state index contributed by atoms with van der Waals surface area (Å²) in [4.78, 5) is 52.3. The number of β-lactam (4-membered cyclic amide) rings is 1. The van der Waals surface area contributed by atoms with Gasteiger partial charge >= 0.3 is 11.9 Å². The molecule has 29 heavy (non-hydrogen) atoms. The highest BCUT2D eigenvalue weighted by molar-refractivity contribution is 8.00. The average Bonchev–Trinajstić information content (AvgIpc) is 3.09. The van der Waals surface area contributed by atoms with Crippen LogP contribution in [0.4, 0.5) is 5.13 Å². The zero-order valence-electron chi connectivity index (χ0n) is 14.7. The largest absolute Gasteiger partial charge is 0.477 e. The van der Waals surface area contributed by atoms with E-state index in [1.807, 2.05) is 0 Å². The van der Waals surface area contributed by atoms with Gasteiger partial charge in [0, 0.05) is 29.8 Å². The summed E-state index contributed by atoms with van der Waals surface area (Å²) in [5, 5.41) is 23.2. The van der Waals surface area contributed by atoms with E-state index in [1.54, 1.807) is 0 Å². The minimum atomic E-state index is -1.35. The van der Waals surface area contributed by atoms with Gasteiger partial charge in [-0.2, -0.15) is 9.36 Å². The van der Waals surface area contributed by atoms with Gasteiger partial charge in [0.1, 0.15) is 23.7 Å². The van der Waals surface area contributed by atoms with Crippen LogP contribution in [0.5, 0.6) is 0 Å². The topological polar surface area (TPSA) is 197 Å². The third-order valence-electron chi connectivity index (χ3n) is 3.95. The Balaban J connectivity index is 1.76. The lowest BCUT2D eigenvalue weighted by molar-refractivity contribution is -0.150. The van der Waals surface area contributed by atoms with E-state index in [0.29, 0.717) is 0 Å². The maximum atomic E-state index is 12.5. The van der Waals surface area contributed by atoms with Crippen LogP contribution in [0.1, 0.15) is 12.7 Å². The number of nitrogen functional groups attached to an aromatic ring is 1. The van der Waals surface area contributed by atoms with Crippen LogP contribution in [0.15, 0.2) is 16.4 Å². The fourth-order valence-corrected chi connectivity index (χ4v) is 4.48. The molecule has 0 bridgehead atoms. The zero-order valence-corrected chi connectivity index (χ0v) is 16.3. The van der Waals surface area contributed by atoms with Crippen molar-refractivity contribution in [3.8, 4) is 0 Å². The minimum absolute atomic E-state index is 0.0548. The number of rotatable bonds is 6. The Bertz CT molecular complexity index is 958. The van der Waals surface area contributed by atoms with Gasteiger partial charge in [-0.1, -0.05) is 5.16 Å². The van der Waals surface area contributed by atoms with Gasteiger partial charge < -0.3 is 26.1 Å². The first-order valence-corrected chi connectivity index (χ1v) is 9.72. The standard InChI is InChI=1S/C14H14N6O7S2/c1-4(21)27-2-5-3-28-12-7(11(23)20(12)8(5)13(24)25)16-10(22)6(18-26)9-17-14(15)29-19-9/h7,12,26H,2-3H2,1H3,(H,16,22)(H,24,25)(H2,15,17,19)/b18-6-/t7-,12+/m1/s1. The molecule has 2 amide bonds. The number of hydrogen-bond donors (Lipinski definition) is 4. The normalized spacial score (nSPS) is 21.3. The number of anilines is 1. The van der Waals surface area contributed by atoms with Crippen LogP contribution in [-0.4, -0.2) is 77.8 Å². The van der Waals surface area contributed by atoms with Crippen LogP contribution in [0.2, 0.25) is 0 Å². The number of ether oxygens (including phenoxy) is 1. The van der Waals surface area contributed by atoms with Crippen molar-refractivity contribution in [2.45, 2.75) is 18.3 Å². The number of nitrogens with two attached hydrogens (primary N) is 1. The van der Waals surface area contributed by atoms with Crippen LogP contribution in [0, 0.1) is 0 Å². The number of hydrogen-bond acceptors (Lipinski definition) is 12. The van der Waals surface area contributed by atoms with Crippen molar-refractivity contribution in [3.05, 3.63) is 17.1 Å². The van der Waals surface area contributed by atoms with Crippen LogP contribution in [-0.2, 0) is 23.9 Å². The lowest BCUT2D eigenvalue weighted by Gasteiger charge is -2.49. The molecule has 1 saturated heterocycles. The monoisotopic (exact) mass is 442 g/mol. The molecule has 2 atom stereocenters. The number of carbonyl (C=O) groups is 4. The third-order valence-corrected chi connectivity index (χ3v) is 5.84. The van der Waals surface area contributed by atoms with Crippen molar-refractivity contribution in [2.75, 3.05) is 18.1 Å². The van der Waals surface area contributed by atoms with E-state index >= 15 is 0 Å². The highest BCUT2D eigenvalue weighted by Gasteiger charge is 2.54. The molecular formula is C14H14N6O7S2. The average molecular weight is 442 g/mol. The van der Waals surface area contributed by atoms with E-state index < -0.39 is 40.9 Å². The summed E-state index contributed by atoms with van der Waals surface area (Å²) in [7, 11) is 0. The molecule has 3 heterocycles. The molecule has 154 valence electrons. The van der Waals surface area contributed by atoms with Crippen molar-refractivity contribution in [1.82, 2.24) is 19.6 Å². The molecule has 3 rings (SSSR count). The molecule has 0 saturated carbocycles. The Morgan fingerprint density at radius 1 is 1.45 bits per heavy atom. The lowest BCUT2D eigenvalue weighted by atomic mass is 10.0. The van der Waals surface area contributed by atoms with Crippen LogP contribution < -0.4 is 11.1 Å². The maximum absolute atomic E-state index is 12.5. The first-order chi connectivity index (χ1) is 13.7. The van der Waals surface area contributed by atoms with E-state index in [-0.39, 0.29) is 34.6 Å². The Kier molecular flexibility index (Phi) is 5.69. The fraction of sp³-hybridized carbons (Fsp3) is 0.357. The number of amides is 2. The fourth-order valence-electron chi connectivity index (χ4n) is 2.72. The van der Waals surface area contributed by atoms with Crippen LogP contribution in [0.25, 0.3) is 0 Å². The molecule has 1 fully saturated rings. The molecule has 0 aliphatic carbocycles. The Morgan fingerprint density at radius 3 is 2.72 bits per heavy atom. The number of thioether (sulfide) groups is 1. The number of nitrogens with one attached hydrogen (secondary N) is 1. The number of nitrogens with zero attached hydrogens (tertiary/aromatic N) is 4. The molecule has 0 spiro atoms. The molecule has 2 aliphatic heterocycles. The molecule has 0 aromatic carbocycles. The van der Waals surface area contributed by atoms with Gasteiger partial charge in [0.25, 0.3) is 11.8 Å². The van der Waals surface area contributed by atoms with Crippen molar-refractivity contribution < 1.29 is 34.2 Å². The number of carboxylic acids is 1. The summed E-state index contributed by atoms with van der Waals surface area (Å²) in [6.07, 6.45) is 0. The second-order valence-corrected chi connectivity index (χ2v) is 7.69. The summed E-state index contributed by atoms with van der Waals surface area (Å²) >= 11 is 1.98. The Labute approximate surface area is 170 Å². The number of aromatic nitrogens is 2. The van der Waals surface area contributed by atoms with Gasteiger partial charge in [0.2, 0.25) is 11.5 Å². The summed E-state index contributed by atoms with van der Waals surface area (Å²) in [5.41, 5.74) is 4.90. The minimum Gasteiger partial charge on any atom is -0.477 e. The molecule has 15 heteroatoms. The van der Waals surface area contributed by atoms with Crippen molar-refractivity contribution in [2.24, 2.45) is 5.16 Å². The number of carbonyl (C=O) groups excluding carboxylic acids is 3. The molecule has 2 aliphatic rings. The zero-order chi connectivity index (χ0) is 21.3. The van der Waals surface area contributed by atoms with E-state index in [0.717, 1.165) is 16.4 Å². The van der Waals surface area contributed by atoms with Crippen LogP contribution >= 0.6 is 23.3 Å². The summed E-state index contributed by atoms with van der Waals surface area (Å²) in [6.45, 7) is 0.932. The summed E-state index contributed by atoms with van der Waals surface area (Å²) in [5.74, 6) is -3.55. The molecule has 5 N–H and O–H groups in total. The van der Waals surface area contributed by atoms with E-state index in [2.05, 4.69) is 19.8 Å². The predicted octanol–water partition coefficient (Wildman–Crippen LogP) is -1.40. The van der Waals surface area contributed by atoms with Crippen molar-refractivity contribution in [1.29, 1.82) is 0 Å². The second kappa shape index (κ2) is 8.04. The molecule has 0 radical (unpaired) electrons. The first kappa shape index (κ1) is 20.5. The van der Waals surface area contributed by atoms with Gasteiger partial charge in [-0.3, -0.25) is 19.3 Å². The Morgan fingerprint density at radius 2 is 2.17 bits per heavy atom. The second-order valence-electron chi connectivity index (χ2n) is 5.80. The quantitative estimate of drug-likeness (QED) is 0.133. The van der Waals surface area contributed by atoms with Gasteiger partial charge in [0.05, 0.1) is 0 Å².